The fourth-order valence-electron chi connectivity index (χ4n) is 1.41. The summed E-state index contributed by atoms with van der Waals surface area (Å²) in [5.41, 5.74) is 0.878. The van der Waals surface area contributed by atoms with E-state index in [-0.39, 0.29) is 11.2 Å². The van der Waals surface area contributed by atoms with Crippen molar-refractivity contribution in [3.63, 3.8) is 0 Å². The van der Waals surface area contributed by atoms with Crippen LogP contribution in [0.1, 0.15) is 20.3 Å². The Morgan fingerprint density at radius 2 is 2.22 bits per heavy atom. The minimum Gasteiger partial charge on any atom is -0.385 e. The molecule has 1 aromatic heterocycles. The summed E-state index contributed by atoms with van der Waals surface area (Å²) in [5, 5.41) is 13.7. The minimum atomic E-state index is -0.508. The Morgan fingerprint density at radius 3 is 2.72 bits per heavy atom. The zero-order chi connectivity index (χ0) is 13.6. The van der Waals surface area contributed by atoms with Crippen LogP contribution in [0.25, 0.3) is 0 Å². The summed E-state index contributed by atoms with van der Waals surface area (Å²) in [6.07, 6.45) is 2.42. The van der Waals surface area contributed by atoms with Crippen LogP contribution in [0, 0.1) is 15.5 Å². The third-order valence-corrected chi connectivity index (χ3v) is 2.69. The minimum absolute atomic E-state index is 0.0950. The molecule has 0 unspecified atom stereocenters. The Kier molecular flexibility index (Phi) is 5.03. The van der Waals surface area contributed by atoms with Crippen LogP contribution in [0.2, 0.25) is 0 Å². The summed E-state index contributed by atoms with van der Waals surface area (Å²) in [7, 11) is 1.68. The van der Waals surface area contributed by atoms with Gasteiger partial charge < -0.3 is 20.2 Å². The van der Waals surface area contributed by atoms with Gasteiger partial charge in [-0.15, -0.1) is 0 Å². The van der Waals surface area contributed by atoms with Gasteiger partial charge in [0.2, 0.25) is 0 Å². The molecule has 0 aromatic carbocycles. The van der Waals surface area contributed by atoms with Crippen molar-refractivity contribution in [3.8, 4) is 0 Å². The van der Waals surface area contributed by atoms with Crippen molar-refractivity contribution in [2.75, 3.05) is 25.6 Å². The lowest BCUT2D eigenvalue weighted by Crippen LogP contribution is -2.24. The van der Waals surface area contributed by atoms with Crippen LogP contribution < -0.4 is 5.32 Å². The van der Waals surface area contributed by atoms with Gasteiger partial charge in [-0.2, -0.15) is 0 Å². The molecule has 6 heteroatoms. The SMILES string of the molecule is COCCC(C)(C)CNc1ccc([N+](=O)[O-])nc1. The molecule has 1 aromatic rings. The molecule has 0 bridgehead atoms. The molecule has 18 heavy (non-hydrogen) atoms. The van der Waals surface area contributed by atoms with E-state index in [9.17, 15) is 10.1 Å². The number of hydrogen-bond donors (Lipinski definition) is 1. The molecule has 0 fully saturated rings. The summed E-state index contributed by atoms with van der Waals surface area (Å²) >= 11 is 0. The lowest BCUT2D eigenvalue weighted by molar-refractivity contribution is -0.389. The summed E-state index contributed by atoms with van der Waals surface area (Å²) in [4.78, 5) is 13.7. The Bertz CT molecular complexity index is 390. The van der Waals surface area contributed by atoms with Gasteiger partial charge in [0, 0.05) is 26.3 Å². The number of hydrogen-bond acceptors (Lipinski definition) is 5. The molecular weight excluding hydrogens is 234 g/mol. The second kappa shape index (κ2) is 6.30. The highest BCUT2D eigenvalue weighted by atomic mass is 16.6. The third-order valence-electron chi connectivity index (χ3n) is 2.69. The second-order valence-corrected chi connectivity index (χ2v) is 4.92. The van der Waals surface area contributed by atoms with Crippen LogP contribution >= 0.6 is 0 Å². The maximum atomic E-state index is 10.5. The Hall–Kier alpha value is -1.69. The van der Waals surface area contributed by atoms with Gasteiger partial charge in [-0.05, 0) is 27.8 Å². The van der Waals surface area contributed by atoms with Gasteiger partial charge in [-0.3, -0.25) is 0 Å². The standard InChI is InChI=1S/C12H19N3O3/c1-12(2,6-7-18-3)9-14-10-4-5-11(13-8-10)15(16)17/h4-5,8,14H,6-7,9H2,1-3H3. The number of methoxy groups -OCH3 is 1. The average molecular weight is 253 g/mol. The van der Waals surface area contributed by atoms with E-state index in [2.05, 4.69) is 24.1 Å². The largest absolute Gasteiger partial charge is 0.385 e. The van der Waals surface area contributed by atoms with Gasteiger partial charge in [0.1, 0.15) is 0 Å². The Morgan fingerprint density at radius 1 is 1.50 bits per heavy atom. The van der Waals surface area contributed by atoms with E-state index in [0.717, 1.165) is 18.7 Å². The lowest BCUT2D eigenvalue weighted by Gasteiger charge is -2.24. The van der Waals surface area contributed by atoms with Gasteiger partial charge in [-0.25, -0.2) is 0 Å². The van der Waals surface area contributed by atoms with E-state index in [1.807, 2.05) is 0 Å². The van der Waals surface area contributed by atoms with Crippen molar-refractivity contribution in [1.82, 2.24) is 4.98 Å². The first-order valence-corrected chi connectivity index (χ1v) is 5.78. The van der Waals surface area contributed by atoms with Crippen LogP contribution in [-0.4, -0.2) is 30.2 Å². The fourth-order valence-corrected chi connectivity index (χ4v) is 1.41. The van der Waals surface area contributed by atoms with Gasteiger partial charge >= 0.3 is 5.82 Å². The fraction of sp³-hybridized carbons (Fsp3) is 0.583. The van der Waals surface area contributed by atoms with Gasteiger partial charge in [0.15, 0.2) is 6.20 Å². The van der Waals surface area contributed by atoms with Crippen molar-refractivity contribution < 1.29 is 9.66 Å². The number of nitrogens with zero attached hydrogens (tertiary/aromatic N) is 2. The first-order valence-electron chi connectivity index (χ1n) is 5.78. The highest BCUT2D eigenvalue weighted by molar-refractivity contribution is 5.43. The molecule has 100 valence electrons. The molecule has 1 rings (SSSR count). The number of aromatic nitrogens is 1. The second-order valence-electron chi connectivity index (χ2n) is 4.92. The zero-order valence-corrected chi connectivity index (χ0v) is 11.0. The van der Waals surface area contributed by atoms with Gasteiger partial charge in [-0.1, -0.05) is 13.8 Å². The molecular formula is C12H19N3O3. The molecule has 0 saturated carbocycles. The zero-order valence-electron chi connectivity index (χ0n) is 11.0. The van der Waals surface area contributed by atoms with E-state index in [1.165, 1.54) is 12.3 Å². The number of nitro groups is 1. The first kappa shape index (κ1) is 14.4. The van der Waals surface area contributed by atoms with Crippen LogP contribution in [-0.2, 0) is 4.74 Å². The highest BCUT2D eigenvalue weighted by Crippen LogP contribution is 2.21. The molecule has 6 nitrogen and oxygen atoms in total. The molecule has 0 aliphatic heterocycles. The van der Waals surface area contributed by atoms with E-state index < -0.39 is 4.92 Å². The molecule has 0 spiro atoms. The van der Waals surface area contributed by atoms with Crippen LogP contribution in [0.3, 0.4) is 0 Å². The van der Waals surface area contributed by atoms with E-state index in [4.69, 9.17) is 4.74 Å². The number of pyridine rings is 1. The predicted molar refractivity (Wildman–Crippen MR) is 69.7 cm³/mol. The molecule has 1 heterocycles. The number of ether oxygens (including phenoxy) is 1. The number of anilines is 1. The van der Waals surface area contributed by atoms with Crippen molar-refractivity contribution in [2.24, 2.45) is 5.41 Å². The molecule has 0 aliphatic rings. The van der Waals surface area contributed by atoms with E-state index >= 15 is 0 Å². The number of nitrogens with one attached hydrogen (secondary N) is 1. The topological polar surface area (TPSA) is 77.3 Å². The molecule has 0 saturated heterocycles. The smallest absolute Gasteiger partial charge is 0.363 e. The quantitative estimate of drug-likeness (QED) is 0.596. The summed E-state index contributed by atoms with van der Waals surface area (Å²) in [5.74, 6) is -0.140. The molecule has 1 N–H and O–H groups in total. The first-order chi connectivity index (χ1) is 8.44. The van der Waals surface area contributed by atoms with Crippen molar-refractivity contribution in [1.29, 1.82) is 0 Å². The maximum Gasteiger partial charge on any atom is 0.363 e. The monoisotopic (exact) mass is 253 g/mol. The normalized spacial score (nSPS) is 11.3. The highest BCUT2D eigenvalue weighted by Gasteiger charge is 2.17. The Labute approximate surface area is 107 Å². The van der Waals surface area contributed by atoms with Crippen LogP contribution in [0.15, 0.2) is 18.3 Å². The molecule has 0 atom stereocenters. The summed E-state index contributed by atoms with van der Waals surface area (Å²) in [6, 6.07) is 3.06. The average Bonchev–Trinajstić information content (AvgIpc) is 2.35. The molecule has 0 amide bonds. The van der Waals surface area contributed by atoms with Crippen LogP contribution in [0.4, 0.5) is 11.5 Å². The molecule has 0 aliphatic carbocycles. The third kappa shape index (κ3) is 4.67. The number of rotatable bonds is 7. The van der Waals surface area contributed by atoms with Gasteiger partial charge in [0.25, 0.3) is 0 Å². The van der Waals surface area contributed by atoms with Crippen molar-refractivity contribution >= 4 is 11.5 Å². The maximum absolute atomic E-state index is 10.5. The van der Waals surface area contributed by atoms with Crippen LogP contribution in [0.5, 0.6) is 0 Å². The summed E-state index contributed by atoms with van der Waals surface area (Å²) in [6.45, 7) is 5.75. The van der Waals surface area contributed by atoms with Gasteiger partial charge in [0.05, 0.1) is 5.69 Å². The predicted octanol–water partition coefficient (Wildman–Crippen LogP) is 2.46. The van der Waals surface area contributed by atoms with Crippen molar-refractivity contribution in [3.05, 3.63) is 28.4 Å². The summed E-state index contributed by atoms with van der Waals surface area (Å²) < 4.78 is 5.06. The van der Waals surface area contributed by atoms with Crippen molar-refractivity contribution in [2.45, 2.75) is 20.3 Å². The van der Waals surface area contributed by atoms with E-state index in [0.29, 0.717) is 6.61 Å². The lowest BCUT2D eigenvalue weighted by atomic mass is 9.89. The van der Waals surface area contributed by atoms with E-state index in [1.54, 1.807) is 13.2 Å². The molecule has 0 radical (unpaired) electrons. The Balaban J connectivity index is 2.50.